The molecule has 0 aliphatic rings. The highest BCUT2D eigenvalue weighted by molar-refractivity contribution is 6.43. The number of nitrogens with one attached hydrogen (secondary N) is 1. The minimum absolute atomic E-state index is 0.242. The molecule has 0 saturated carbocycles. The largest absolute Gasteiger partial charge is 0.482 e. The highest BCUT2D eigenvalue weighted by atomic mass is 35.5. The van der Waals surface area contributed by atoms with Crippen LogP contribution in [-0.4, -0.2) is 18.1 Å². The summed E-state index contributed by atoms with van der Waals surface area (Å²) < 4.78 is 5.23. The Kier molecular flexibility index (Phi) is 5.74. The molecule has 1 N–H and O–H groups in total. The maximum absolute atomic E-state index is 11.5. The first kappa shape index (κ1) is 16.4. The van der Waals surface area contributed by atoms with Crippen LogP contribution in [0.2, 0.25) is 15.1 Å². The summed E-state index contributed by atoms with van der Waals surface area (Å²) in [4.78, 5) is 16.6. The van der Waals surface area contributed by atoms with E-state index in [1.807, 2.05) is 20.8 Å². The number of hydrogen-bond acceptors (Lipinski definition) is 3. The monoisotopic (exact) mass is 325 g/mol. The fourth-order valence-electron chi connectivity index (χ4n) is 0.998. The Labute approximate surface area is 126 Å². The molecule has 0 aliphatic carbocycles. The van der Waals surface area contributed by atoms with Crippen molar-refractivity contribution in [3.05, 3.63) is 27.2 Å². The predicted molar refractivity (Wildman–Crippen MR) is 75.9 cm³/mol. The number of amides is 1. The SMILES string of the molecule is CC(C)(C)ONC(=O)COc1cc(Cl)c(Cl)cc1Cl. The van der Waals surface area contributed by atoms with E-state index in [9.17, 15) is 4.79 Å². The molecule has 1 aromatic rings. The standard InChI is InChI=1S/C12H14Cl3NO3/c1-12(2,3)19-16-11(17)6-18-10-5-8(14)7(13)4-9(10)15/h4-5H,6H2,1-3H3,(H,16,17). The van der Waals surface area contributed by atoms with E-state index in [1.165, 1.54) is 12.1 Å². The summed E-state index contributed by atoms with van der Waals surface area (Å²) in [5.74, 6) is -0.154. The van der Waals surface area contributed by atoms with Gasteiger partial charge in [0.25, 0.3) is 5.91 Å². The van der Waals surface area contributed by atoms with Gasteiger partial charge >= 0.3 is 0 Å². The second-order valence-electron chi connectivity index (χ2n) is 4.73. The molecule has 0 unspecified atom stereocenters. The number of rotatable bonds is 4. The quantitative estimate of drug-likeness (QED) is 0.675. The predicted octanol–water partition coefficient (Wildman–Crippen LogP) is 3.87. The van der Waals surface area contributed by atoms with E-state index in [0.717, 1.165) is 0 Å². The normalized spacial score (nSPS) is 11.3. The zero-order chi connectivity index (χ0) is 14.6. The molecule has 0 atom stereocenters. The fourth-order valence-corrected chi connectivity index (χ4v) is 1.59. The highest BCUT2D eigenvalue weighted by Gasteiger charge is 2.14. The van der Waals surface area contributed by atoms with E-state index in [0.29, 0.717) is 10.0 Å². The van der Waals surface area contributed by atoms with E-state index in [1.54, 1.807) is 0 Å². The van der Waals surface area contributed by atoms with Gasteiger partial charge in [-0.15, -0.1) is 0 Å². The van der Waals surface area contributed by atoms with Crippen LogP contribution in [-0.2, 0) is 9.63 Å². The van der Waals surface area contributed by atoms with Crippen molar-refractivity contribution >= 4 is 40.7 Å². The van der Waals surface area contributed by atoms with Gasteiger partial charge < -0.3 is 4.74 Å². The van der Waals surface area contributed by atoms with Gasteiger partial charge in [0, 0.05) is 6.07 Å². The highest BCUT2D eigenvalue weighted by Crippen LogP contribution is 2.33. The van der Waals surface area contributed by atoms with Gasteiger partial charge in [0.05, 0.1) is 20.7 Å². The van der Waals surface area contributed by atoms with Gasteiger partial charge in [-0.3, -0.25) is 9.63 Å². The third-order valence-corrected chi connectivity index (χ3v) is 2.82. The summed E-state index contributed by atoms with van der Waals surface area (Å²) in [7, 11) is 0. The van der Waals surface area contributed by atoms with Crippen LogP contribution in [0.1, 0.15) is 20.8 Å². The number of carbonyl (C=O) groups is 1. The lowest BCUT2D eigenvalue weighted by Crippen LogP contribution is -2.36. The average Bonchev–Trinajstić information content (AvgIpc) is 2.28. The van der Waals surface area contributed by atoms with Crippen LogP contribution in [0, 0.1) is 0 Å². The van der Waals surface area contributed by atoms with E-state index in [4.69, 9.17) is 44.4 Å². The molecule has 7 heteroatoms. The summed E-state index contributed by atoms with van der Waals surface area (Å²) in [6, 6.07) is 2.90. The Morgan fingerprint density at radius 1 is 1.16 bits per heavy atom. The Bertz CT molecular complexity index is 472. The lowest BCUT2D eigenvalue weighted by Gasteiger charge is -2.19. The fraction of sp³-hybridized carbons (Fsp3) is 0.417. The zero-order valence-corrected chi connectivity index (χ0v) is 13.0. The topological polar surface area (TPSA) is 47.6 Å². The van der Waals surface area contributed by atoms with E-state index < -0.39 is 11.5 Å². The second kappa shape index (κ2) is 6.66. The maximum atomic E-state index is 11.5. The summed E-state index contributed by atoms with van der Waals surface area (Å²) in [5.41, 5.74) is 1.80. The van der Waals surface area contributed by atoms with Crippen molar-refractivity contribution in [1.82, 2.24) is 5.48 Å². The summed E-state index contributed by atoms with van der Waals surface area (Å²) >= 11 is 17.5. The first-order valence-corrected chi connectivity index (χ1v) is 6.56. The molecule has 0 spiro atoms. The molecule has 0 radical (unpaired) electrons. The van der Waals surface area contributed by atoms with Crippen LogP contribution in [0.3, 0.4) is 0 Å². The van der Waals surface area contributed by atoms with Crippen molar-refractivity contribution in [3.8, 4) is 5.75 Å². The number of hydrogen-bond donors (Lipinski definition) is 1. The van der Waals surface area contributed by atoms with Gasteiger partial charge in [-0.1, -0.05) is 34.8 Å². The lowest BCUT2D eigenvalue weighted by molar-refractivity contribution is -0.147. The summed E-state index contributed by atoms with van der Waals surface area (Å²) in [6.07, 6.45) is 0. The van der Waals surface area contributed by atoms with Crippen LogP contribution in [0.25, 0.3) is 0 Å². The molecule has 19 heavy (non-hydrogen) atoms. The Balaban J connectivity index is 2.53. The summed E-state index contributed by atoms with van der Waals surface area (Å²) in [6.45, 7) is 5.19. The van der Waals surface area contributed by atoms with E-state index in [2.05, 4.69) is 5.48 Å². The van der Waals surface area contributed by atoms with Crippen molar-refractivity contribution in [2.75, 3.05) is 6.61 Å². The third-order valence-electron chi connectivity index (χ3n) is 1.80. The number of carbonyl (C=O) groups excluding carboxylic acids is 1. The van der Waals surface area contributed by atoms with Gasteiger partial charge in [-0.2, -0.15) is 0 Å². The van der Waals surface area contributed by atoms with Crippen LogP contribution in [0.4, 0.5) is 0 Å². The number of halogens is 3. The van der Waals surface area contributed by atoms with Crippen LogP contribution < -0.4 is 10.2 Å². The molecule has 0 heterocycles. The van der Waals surface area contributed by atoms with E-state index >= 15 is 0 Å². The minimum atomic E-state index is -0.475. The zero-order valence-electron chi connectivity index (χ0n) is 10.7. The molecule has 0 fully saturated rings. The van der Waals surface area contributed by atoms with Gasteiger partial charge in [-0.25, -0.2) is 5.48 Å². The molecule has 106 valence electrons. The molecule has 1 aromatic carbocycles. The van der Waals surface area contributed by atoms with E-state index in [-0.39, 0.29) is 17.4 Å². The van der Waals surface area contributed by atoms with Crippen LogP contribution in [0.5, 0.6) is 5.75 Å². The third kappa shape index (κ3) is 5.87. The first-order valence-electron chi connectivity index (χ1n) is 5.43. The molecule has 0 saturated heterocycles. The molecule has 0 aromatic heterocycles. The van der Waals surface area contributed by atoms with Crippen LogP contribution in [0.15, 0.2) is 12.1 Å². The van der Waals surface area contributed by atoms with Gasteiger partial charge in [0.2, 0.25) is 0 Å². The van der Waals surface area contributed by atoms with Crippen molar-refractivity contribution in [1.29, 1.82) is 0 Å². The smallest absolute Gasteiger partial charge is 0.281 e. The summed E-state index contributed by atoms with van der Waals surface area (Å²) in [5, 5.41) is 0.894. The molecule has 1 rings (SSSR count). The lowest BCUT2D eigenvalue weighted by atomic mass is 10.2. The molecule has 1 amide bonds. The van der Waals surface area contributed by atoms with Crippen molar-refractivity contribution in [2.24, 2.45) is 0 Å². The molecule has 4 nitrogen and oxygen atoms in total. The number of ether oxygens (including phenoxy) is 1. The van der Waals surface area contributed by atoms with Gasteiger partial charge in [0.1, 0.15) is 5.75 Å². The molecule has 0 aliphatic heterocycles. The Morgan fingerprint density at radius 2 is 1.74 bits per heavy atom. The maximum Gasteiger partial charge on any atom is 0.281 e. The minimum Gasteiger partial charge on any atom is -0.482 e. The van der Waals surface area contributed by atoms with Gasteiger partial charge in [0.15, 0.2) is 6.61 Å². The molecular weight excluding hydrogens is 312 g/mol. The molecule has 0 bridgehead atoms. The van der Waals surface area contributed by atoms with Crippen molar-refractivity contribution in [2.45, 2.75) is 26.4 Å². The number of hydroxylamine groups is 1. The Morgan fingerprint density at radius 3 is 2.32 bits per heavy atom. The second-order valence-corrected chi connectivity index (χ2v) is 5.95. The van der Waals surface area contributed by atoms with Gasteiger partial charge in [-0.05, 0) is 26.8 Å². The van der Waals surface area contributed by atoms with Crippen LogP contribution >= 0.6 is 34.8 Å². The van der Waals surface area contributed by atoms with Crippen molar-refractivity contribution < 1.29 is 14.4 Å². The average molecular weight is 327 g/mol. The molecular formula is C12H14Cl3NO3. The Hall–Kier alpha value is -0.680. The first-order chi connectivity index (χ1) is 8.69. The van der Waals surface area contributed by atoms with Crippen molar-refractivity contribution in [3.63, 3.8) is 0 Å². The number of benzene rings is 1.